The van der Waals surface area contributed by atoms with Crippen LogP contribution in [0.4, 0.5) is 4.79 Å². The van der Waals surface area contributed by atoms with Crippen LogP contribution in [0.25, 0.3) is 0 Å². The molecule has 124 valence electrons. The molecule has 2 aliphatic heterocycles. The molecule has 0 radical (unpaired) electrons. The third-order valence-corrected chi connectivity index (χ3v) is 5.07. The van der Waals surface area contributed by atoms with E-state index >= 15 is 0 Å². The number of allylic oxidation sites excluding steroid dienone is 1. The first kappa shape index (κ1) is 16.1. The molecular weight excluding hydrogens is 314 g/mol. The van der Waals surface area contributed by atoms with Gasteiger partial charge in [-0.05, 0) is 62.1 Å². The molecule has 5 N–H and O–H groups in total. The Kier molecular flexibility index (Phi) is 5.02. The zero-order chi connectivity index (χ0) is 16.2. The lowest BCUT2D eigenvalue weighted by molar-refractivity contribution is -0.115. The third kappa shape index (κ3) is 4.14. The number of carbonyl (C=O) groups excluding carboxylic acids is 2. The Bertz CT molecular complexity index is 591. The van der Waals surface area contributed by atoms with Gasteiger partial charge < -0.3 is 16.4 Å². The Balaban J connectivity index is 1.60. The van der Waals surface area contributed by atoms with Gasteiger partial charge in [0.25, 0.3) is 11.1 Å². The summed E-state index contributed by atoms with van der Waals surface area (Å²) in [6, 6.07) is 0.404. The van der Waals surface area contributed by atoms with Crippen molar-refractivity contribution in [1.29, 1.82) is 0 Å². The van der Waals surface area contributed by atoms with Gasteiger partial charge in [-0.2, -0.15) is 0 Å². The lowest BCUT2D eigenvalue weighted by Crippen LogP contribution is -2.46. The van der Waals surface area contributed by atoms with E-state index in [1.807, 2.05) is 6.08 Å². The first-order valence-corrected chi connectivity index (χ1v) is 8.70. The molecule has 3 aliphatic rings. The highest BCUT2D eigenvalue weighted by molar-refractivity contribution is 8.18. The fourth-order valence-corrected chi connectivity index (χ4v) is 3.60. The summed E-state index contributed by atoms with van der Waals surface area (Å²) in [6.45, 7) is 1.41. The van der Waals surface area contributed by atoms with E-state index in [2.05, 4.69) is 20.9 Å². The van der Waals surface area contributed by atoms with Crippen LogP contribution in [0.5, 0.6) is 0 Å². The molecule has 0 atom stereocenters. The third-order valence-electron chi connectivity index (χ3n) is 4.26. The normalized spacial score (nSPS) is 29.7. The van der Waals surface area contributed by atoms with Gasteiger partial charge in [-0.15, -0.1) is 0 Å². The topological polar surface area (TPSA) is 109 Å². The van der Waals surface area contributed by atoms with Gasteiger partial charge in [-0.1, -0.05) is 0 Å². The number of nitrogens with two attached hydrogens (primary N) is 1. The van der Waals surface area contributed by atoms with Gasteiger partial charge in [-0.25, -0.2) is 4.99 Å². The number of nitrogens with zero attached hydrogens (tertiary/aromatic N) is 1. The number of carbonyl (C=O) groups is 2. The first-order chi connectivity index (χ1) is 11.1. The summed E-state index contributed by atoms with van der Waals surface area (Å²) >= 11 is 0.906. The summed E-state index contributed by atoms with van der Waals surface area (Å²) in [7, 11) is 0. The predicted molar refractivity (Wildman–Crippen MR) is 90.7 cm³/mol. The molecule has 0 spiro atoms. The van der Waals surface area contributed by atoms with Crippen LogP contribution < -0.4 is 21.7 Å². The van der Waals surface area contributed by atoms with Crippen LogP contribution in [0.15, 0.2) is 27.7 Å². The summed E-state index contributed by atoms with van der Waals surface area (Å²) in [6.07, 6.45) is 8.02. The number of rotatable bonds is 3. The van der Waals surface area contributed by atoms with E-state index in [4.69, 9.17) is 5.73 Å². The minimum atomic E-state index is -0.357. The number of imide groups is 1. The van der Waals surface area contributed by atoms with Crippen LogP contribution in [-0.2, 0) is 4.79 Å². The number of hydrogen-bond donors (Lipinski definition) is 4. The van der Waals surface area contributed by atoms with E-state index in [0.717, 1.165) is 49.9 Å². The molecule has 7 nitrogen and oxygen atoms in total. The maximum absolute atomic E-state index is 11.6. The van der Waals surface area contributed by atoms with Gasteiger partial charge in [0.2, 0.25) is 0 Å². The van der Waals surface area contributed by atoms with Crippen molar-refractivity contribution in [2.24, 2.45) is 16.6 Å². The number of guanidine groups is 1. The second-order valence-corrected chi connectivity index (χ2v) is 6.93. The van der Waals surface area contributed by atoms with E-state index in [-0.39, 0.29) is 11.1 Å². The average molecular weight is 335 g/mol. The van der Waals surface area contributed by atoms with Crippen molar-refractivity contribution >= 4 is 28.9 Å². The molecule has 3 rings (SSSR count). The molecular formula is C15H21N5O2S. The van der Waals surface area contributed by atoms with Crippen molar-refractivity contribution in [1.82, 2.24) is 16.0 Å². The largest absolute Gasteiger partial charge is 0.353 e. The van der Waals surface area contributed by atoms with Crippen molar-refractivity contribution in [3.8, 4) is 0 Å². The number of hydrogen-bond acceptors (Lipinski definition) is 7. The Morgan fingerprint density at radius 1 is 1.35 bits per heavy atom. The smallest absolute Gasteiger partial charge is 0.290 e. The average Bonchev–Trinajstić information content (AvgIpc) is 2.86. The van der Waals surface area contributed by atoms with Crippen LogP contribution in [0.1, 0.15) is 25.7 Å². The van der Waals surface area contributed by atoms with Crippen molar-refractivity contribution in [3.05, 3.63) is 22.8 Å². The van der Waals surface area contributed by atoms with Crippen LogP contribution >= 0.6 is 11.8 Å². The number of nitrogens with one attached hydrogen (secondary N) is 3. The molecule has 0 bridgehead atoms. The zero-order valence-corrected chi connectivity index (χ0v) is 13.6. The predicted octanol–water partition coefficient (Wildman–Crippen LogP) is 0.803. The molecule has 23 heavy (non-hydrogen) atoms. The van der Waals surface area contributed by atoms with E-state index in [1.54, 1.807) is 6.08 Å². The van der Waals surface area contributed by atoms with Crippen molar-refractivity contribution in [2.45, 2.75) is 31.7 Å². The number of aliphatic imine (C=N–C) groups is 1. The van der Waals surface area contributed by atoms with Crippen LogP contribution in [0.2, 0.25) is 0 Å². The number of amides is 2. The number of thioether (sulfide) groups is 1. The summed E-state index contributed by atoms with van der Waals surface area (Å²) in [5.74, 6) is 1.01. The van der Waals surface area contributed by atoms with E-state index < -0.39 is 0 Å². The Morgan fingerprint density at radius 3 is 2.78 bits per heavy atom. The van der Waals surface area contributed by atoms with E-state index in [9.17, 15) is 9.59 Å². The SMILES string of the molecule is NC[C@H]1CC[C@H](NC2=NC(/C=C3\SC(=O)NC3=O)=CCN2)CC1. The zero-order valence-electron chi connectivity index (χ0n) is 12.8. The van der Waals surface area contributed by atoms with Gasteiger partial charge >= 0.3 is 0 Å². The molecule has 0 aromatic heterocycles. The van der Waals surface area contributed by atoms with Gasteiger partial charge in [0.05, 0.1) is 10.6 Å². The minimum absolute atomic E-state index is 0.338. The van der Waals surface area contributed by atoms with Crippen LogP contribution in [0.3, 0.4) is 0 Å². The Labute approximate surface area is 139 Å². The minimum Gasteiger partial charge on any atom is -0.353 e. The first-order valence-electron chi connectivity index (χ1n) is 7.88. The molecule has 2 fully saturated rings. The second kappa shape index (κ2) is 7.18. The monoisotopic (exact) mass is 335 g/mol. The maximum Gasteiger partial charge on any atom is 0.290 e. The molecule has 2 amide bonds. The quantitative estimate of drug-likeness (QED) is 0.568. The Morgan fingerprint density at radius 2 is 2.13 bits per heavy atom. The molecule has 2 heterocycles. The molecule has 8 heteroatoms. The standard InChI is InChI=1S/C15H21N5O2S/c16-8-9-1-3-10(4-2-9)18-14-17-6-5-11(19-14)7-12-13(21)20-15(22)23-12/h5,7,9-10H,1-4,6,8,16H2,(H2,17,18,19)(H,20,21,22)/b12-7-/t9-,10-. The fourth-order valence-electron chi connectivity index (χ4n) is 2.93. The van der Waals surface area contributed by atoms with Crippen LogP contribution in [0, 0.1) is 5.92 Å². The highest BCUT2D eigenvalue weighted by Crippen LogP contribution is 2.25. The molecule has 0 aromatic rings. The fraction of sp³-hybridized carbons (Fsp3) is 0.533. The highest BCUT2D eigenvalue weighted by Gasteiger charge is 2.26. The van der Waals surface area contributed by atoms with Crippen molar-refractivity contribution in [3.63, 3.8) is 0 Å². The van der Waals surface area contributed by atoms with Gasteiger partial charge in [-0.3, -0.25) is 14.9 Å². The summed E-state index contributed by atoms with van der Waals surface area (Å²) < 4.78 is 0. The van der Waals surface area contributed by atoms with E-state index in [0.29, 0.717) is 29.1 Å². The lowest BCUT2D eigenvalue weighted by atomic mass is 9.86. The van der Waals surface area contributed by atoms with Crippen LogP contribution in [-0.4, -0.2) is 36.2 Å². The highest BCUT2D eigenvalue weighted by atomic mass is 32.2. The summed E-state index contributed by atoms with van der Waals surface area (Å²) in [5.41, 5.74) is 6.41. The molecule has 1 saturated carbocycles. The summed E-state index contributed by atoms with van der Waals surface area (Å²) in [4.78, 5) is 27.6. The maximum atomic E-state index is 11.6. The molecule has 1 aliphatic carbocycles. The second-order valence-electron chi connectivity index (χ2n) is 5.92. The van der Waals surface area contributed by atoms with Crippen molar-refractivity contribution < 1.29 is 9.59 Å². The van der Waals surface area contributed by atoms with Gasteiger partial charge in [0.15, 0.2) is 5.96 Å². The Hall–Kier alpha value is -1.80. The molecule has 0 unspecified atom stereocenters. The van der Waals surface area contributed by atoms with Gasteiger partial charge in [0, 0.05) is 12.6 Å². The van der Waals surface area contributed by atoms with E-state index in [1.165, 1.54) is 0 Å². The van der Waals surface area contributed by atoms with Gasteiger partial charge in [0.1, 0.15) is 0 Å². The van der Waals surface area contributed by atoms with Crippen molar-refractivity contribution in [2.75, 3.05) is 13.1 Å². The molecule has 1 saturated heterocycles. The lowest BCUT2D eigenvalue weighted by Gasteiger charge is -2.30. The molecule has 0 aromatic carbocycles. The summed E-state index contributed by atoms with van der Waals surface area (Å²) in [5, 5.41) is 8.54.